The van der Waals surface area contributed by atoms with Crippen LogP contribution in [0, 0.1) is 0 Å². The molecule has 0 aliphatic heterocycles. The minimum atomic E-state index is -0.475. The fraction of sp³-hybridized carbons (Fsp3) is 0.100. The molecule has 3 aromatic heterocycles. The number of hydrogen-bond acceptors (Lipinski definition) is 7. The summed E-state index contributed by atoms with van der Waals surface area (Å²) >= 11 is 1.12. The van der Waals surface area contributed by atoms with Crippen molar-refractivity contribution in [2.24, 2.45) is 0 Å². The summed E-state index contributed by atoms with van der Waals surface area (Å²) in [5, 5.41) is 9.21. The van der Waals surface area contributed by atoms with Gasteiger partial charge in [0.2, 0.25) is 4.96 Å². The van der Waals surface area contributed by atoms with Gasteiger partial charge in [-0.05, 0) is 48.9 Å². The Hall–Kier alpha value is -4.89. The van der Waals surface area contributed by atoms with Crippen molar-refractivity contribution in [3.63, 3.8) is 0 Å². The van der Waals surface area contributed by atoms with Gasteiger partial charge in [-0.15, -0.1) is 0 Å². The van der Waals surface area contributed by atoms with Gasteiger partial charge in [0.25, 0.3) is 5.56 Å². The summed E-state index contributed by atoms with van der Waals surface area (Å²) in [6.07, 6.45) is 4.59. The molecule has 6 aromatic rings. The van der Waals surface area contributed by atoms with Crippen LogP contribution in [0.4, 0.5) is 0 Å². The number of fused-ring (bicyclic) bond motifs is 1. The smallest absolute Gasteiger partial charge is 0.300 e. The van der Waals surface area contributed by atoms with Gasteiger partial charge < -0.3 is 4.74 Å². The maximum absolute atomic E-state index is 13.4. The van der Waals surface area contributed by atoms with E-state index in [1.165, 1.54) is 4.52 Å². The van der Waals surface area contributed by atoms with E-state index < -0.39 is 5.56 Å². The average Bonchev–Trinajstić information content (AvgIpc) is 3.53. The molecule has 0 spiro atoms. The van der Waals surface area contributed by atoms with Gasteiger partial charge in [-0.1, -0.05) is 66.8 Å². The number of hydrogen-bond donors (Lipinski definition) is 0. The Bertz CT molecular complexity index is 1930. The number of thiazole rings is 1. The number of para-hydroxylation sites is 1. The number of ether oxygens (including phenoxy) is 1. The molecule has 3 heterocycles. The molecule has 0 bridgehead atoms. The van der Waals surface area contributed by atoms with Crippen LogP contribution in [0.1, 0.15) is 18.9 Å². The third kappa shape index (κ3) is 4.87. The zero-order valence-corrected chi connectivity index (χ0v) is 21.8. The molecule has 0 aliphatic rings. The SMILES string of the molecule is CCCOc1ccc(-c2nn(-c3ccccc3)cc2C=c2sc3nc(=O)c(-c4ccccc4)nn3c2=O)cc1. The standard InChI is InChI=1S/C30H23N5O3S/c1-2-17-38-24-15-13-21(14-16-24)26-22(19-34(32-26)23-11-7-4-8-12-23)18-25-29(37)35-30(39-25)31-28(36)27(33-35)20-9-5-3-6-10-20/h3-16,18-19H,2,17H2,1H3. The van der Waals surface area contributed by atoms with Crippen molar-refractivity contribution < 1.29 is 4.74 Å². The van der Waals surface area contributed by atoms with Crippen LogP contribution in [0.5, 0.6) is 5.75 Å². The van der Waals surface area contributed by atoms with Gasteiger partial charge >= 0.3 is 5.56 Å². The lowest BCUT2D eigenvalue weighted by Crippen LogP contribution is -2.26. The normalized spacial score (nSPS) is 11.8. The van der Waals surface area contributed by atoms with Crippen molar-refractivity contribution >= 4 is 22.4 Å². The summed E-state index contributed by atoms with van der Waals surface area (Å²) in [5.74, 6) is 0.788. The van der Waals surface area contributed by atoms with Crippen LogP contribution < -0.4 is 20.4 Å². The Morgan fingerprint density at radius 2 is 1.54 bits per heavy atom. The van der Waals surface area contributed by atoms with Crippen LogP contribution in [0.2, 0.25) is 0 Å². The predicted molar refractivity (Wildman–Crippen MR) is 152 cm³/mol. The maximum Gasteiger partial charge on any atom is 0.300 e. The minimum Gasteiger partial charge on any atom is -0.494 e. The van der Waals surface area contributed by atoms with Crippen LogP contribution >= 0.6 is 11.3 Å². The second-order valence-corrected chi connectivity index (χ2v) is 9.84. The van der Waals surface area contributed by atoms with E-state index in [0.717, 1.165) is 40.3 Å². The molecule has 9 heteroatoms. The Balaban J connectivity index is 1.49. The molecule has 0 atom stereocenters. The highest BCUT2D eigenvalue weighted by molar-refractivity contribution is 7.15. The van der Waals surface area contributed by atoms with E-state index in [4.69, 9.17) is 9.84 Å². The van der Waals surface area contributed by atoms with Crippen LogP contribution in [-0.4, -0.2) is 31.0 Å². The lowest BCUT2D eigenvalue weighted by Gasteiger charge is -2.05. The summed E-state index contributed by atoms with van der Waals surface area (Å²) in [5.41, 5.74) is 3.15. The Kier molecular flexibility index (Phi) is 6.56. The zero-order chi connectivity index (χ0) is 26.8. The molecule has 8 nitrogen and oxygen atoms in total. The first-order valence-electron chi connectivity index (χ1n) is 12.5. The first-order valence-corrected chi connectivity index (χ1v) is 13.3. The molecule has 0 amide bonds. The monoisotopic (exact) mass is 533 g/mol. The molecular formula is C30H23N5O3S. The molecule has 39 heavy (non-hydrogen) atoms. The number of aromatic nitrogens is 5. The molecule has 192 valence electrons. The highest BCUT2D eigenvalue weighted by Gasteiger charge is 2.15. The predicted octanol–water partition coefficient (Wildman–Crippen LogP) is 4.37. The molecule has 0 unspecified atom stereocenters. The molecule has 0 fully saturated rings. The van der Waals surface area contributed by atoms with Crippen LogP contribution in [0.25, 0.3) is 39.2 Å². The van der Waals surface area contributed by atoms with Gasteiger partial charge in [-0.2, -0.15) is 19.7 Å². The molecule has 0 radical (unpaired) electrons. The van der Waals surface area contributed by atoms with Crippen molar-refractivity contribution in [3.8, 4) is 34.0 Å². The summed E-state index contributed by atoms with van der Waals surface area (Å²) in [6, 6.07) is 26.5. The zero-order valence-electron chi connectivity index (χ0n) is 21.0. The van der Waals surface area contributed by atoms with E-state index in [2.05, 4.69) is 17.0 Å². The molecule has 0 aliphatic carbocycles. The lowest BCUT2D eigenvalue weighted by molar-refractivity contribution is 0.317. The topological polar surface area (TPSA) is 91.4 Å². The summed E-state index contributed by atoms with van der Waals surface area (Å²) in [4.78, 5) is 30.5. The van der Waals surface area contributed by atoms with Crippen molar-refractivity contribution in [2.75, 3.05) is 6.61 Å². The van der Waals surface area contributed by atoms with Gasteiger partial charge in [0.05, 0.1) is 16.8 Å². The minimum absolute atomic E-state index is 0.137. The van der Waals surface area contributed by atoms with E-state index in [-0.39, 0.29) is 16.2 Å². The van der Waals surface area contributed by atoms with Crippen molar-refractivity contribution in [1.82, 2.24) is 24.4 Å². The number of nitrogens with zero attached hydrogens (tertiary/aromatic N) is 5. The van der Waals surface area contributed by atoms with E-state index in [0.29, 0.717) is 22.4 Å². The van der Waals surface area contributed by atoms with E-state index in [9.17, 15) is 9.59 Å². The number of rotatable bonds is 7. The molecule has 6 rings (SSSR count). The number of benzene rings is 3. The molecule has 0 saturated heterocycles. The second kappa shape index (κ2) is 10.5. The summed E-state index contributed by atoms with van der Waals surface area (Å²) < 4.78 is 9.11. The summed E-state index contributed by atoms with van der Waals surface area (Å²) in [6.45, 7) is 2.71. The van der Waals surface area contributed by atoms with E-state index >= 15 is 0 Å². The van der Waals surface area contributed by atoms with Crippen LogP contribution in [0.15, 0.2) is 101 Å². The van der Waals surface area contributed by atoms with Gasteiger partial charge in [0.1, 0.15) is 11.4 Å². The molecule has 0 N–H and O–H groups in total. The second-order valence-electron chi connectivity index (χ2n) is 8.83. The van der Waals surface area contributed by atoms with Gasteiger partial charge in [-0.25, -0.2) is 4.68 Å². The van der Waals surface area contributed by atoms with Crippen LogP contribution in [0.3, 0.4) is 0 Å². The molecule has 3 aromatic carbocycles. The van der Waals surface area contributed by atoms with E-state index in [1.807, 2.05) is 79.0 Å². The van der Waals surface area contributed by atoms with Gasteiger partial charge in [0.15, 0.2) is 5.69 Å². The Morgan fingerprint density at radius 3 is 2.26 bits per heavy atom. The lowest BCUT2D eigenvalue weighted by atomic mass is 10.1. The third-order valence-corrected chi connectivity index (χ3v) is 7.04. The van der Waals surface area contributed by atoms with Crippen LogP contribution in [-0.2, 0) is 0 Å². The summed E-state index contributed by atoms with van der Waals surface area (Å²) in [7, 11) is 0. The highest BCUT2D eigenvalue weighted by Crippen LogP contribution is 2.26. The average molecular weight is 534 g/mol. The highest BCUT2D eigenvalue weighted by atomic mass is 32.1. The van der Waals surface area contributed by atoms with Crippen molar-refractivity contribution in [1.29, 1.82) is 0 Å². The van der Waals surface area contributed by atoms with Gasteiger partial charge in [-0.3, -0.25) is 9.59 Å². The first-order chi connectivity index (χ1) is 19.1. The van der Waals surface area contributed by atoms with Crippen molar-refractivity contribution in [2.45, 2.75) is 13.3 Å². The fourth-order valence-corrected chi connectivity index (χ4v) is 5.08. The van der Waals surface area contributed by atoms with Crippen molar-refractivity contribution in [3.05, 3.63) is 122 Å². The first kappa shape index (κ1) is 24.4. The largest absolute Gasteiger partial charge is 0.494 e. The fourth-order valence-electron chi connectivity index (χ4n) is 4.19. The molecular weight excluding hydrogens is 510 g/mol. The van der Waals surface area contributed by atoms with E-state index in [1.54, 1.807) is 22.9 Å². The van der Waals surface area contributed by atoms with Gasteiger partial charge in [0, 0.05) is 22.9 Å². The molecule has 0 saturated carbocycles. The maximum atomic E-state index is 13.4. The Morgan fingerprint density at radius 1 is 0.846 bits per heavy atom. The third-order valence-electron chi connectivity index (χ3n) is 6.08. The Labute approximate surface area is 227 Å². The quantitative estimate of drug-likeness (QED) is 0.303.